The maximum Gasteiger partial charge on any atom is 0.296 e. The molecule has 0 radical (unpaired) electrons. The van der Waals surface area contributed by atoms with Crippen LogP contribution in [0, 0.1) is 6.92 Å². The van der Waals surface area contributed by atoms with Crippen LogP contribution in [0.15, 0.2) is 76.5 Å². The Kier molecular flexibility index (Phi) is 6.86. The van der Waals surface area contributed by atoms with E-state index >= 15 is 4.39 Å². The molecule has 12 nitrogen and oxygen atoms in total. The molecular weight excluding hydrogens is 569 g/mol. The molecule has 3 aliphatic heterocycles. The molecule has 0 saturated carbocycles. The molecule has 0 aromatic heterocycles. The van der Waals surface area contributed by atoms with Gasteiger partial charge in [-0.2, -0.15) is 8.42 Å². The average Bonchev–Trinajstić information content (AvgIpc) is 2.94. The molecule has 0 fully saturated rings. The van der Waals surface area contributed by atoms with Crippen LogP contribution in [0.4, 0.5) is 21.5 Å². The van der Waals surface area contributed by atoms with Crippen LogP contribution in [0.3, 0.4) is 0 Å². The number of amides is 1. The molecule has 42 heavy (non-hydrogen) atoms. The second kappa shape index (κ2) is 10.5. The predicted molar refractivity (Wildman–Crippen MR) is 152 cm³/mol. The molecule has 6 rings (SSSR count). The number of nitrogens with zero attached hydrogens (tertiary/aromatic N) is 2. The molecule has 0 spiro atoms. The SMILES string of the molecule is CNC(=O)C1Oc2c1cccc2N1C(Nc2cc(C)ccc2S(=O)(=O)O)=NC=C(F)C1Nc1ccc2c(c1)OCCO2. The topological polar surface area (TPSA) is 151 Å². The van der Waals surface area contributed by atoms with Crippen LogP contribution < -0.4 is 35.1 Å². The van der Waals surface area contributed by atoms with E-state index in [1.807, 2.05) is 0 Å². The van der Waals surface area contributed by atoms with Crippen molar-refractivity contribution in [2.75, 3.05) is 35.8 Å². The van der Waals surface area contributed by atoms with Crippen molar-refractivity contribution >= 4 is 39.0 Å². The Balaban J connectivity index is 1.44. The molecule has 2 atom stereocenters. The molecule has 0 bridgehead atoms. The van der Waals surface area contributed by atoms with Gasteiger partial charge in [0.2, 0.25) is 12.1 Å². The van der Waals surface area contributed by atoms with Crippen molar-refractivity contribution in [3.63, 3.8) is 0 Å². The molecular formula is C28H26FN5O7S. The number of ether oxygens (including phenoxy) is 3. The van der Waals surface area contributed by atoms with Gasteiger partial charge in [-0.15, -0.1) is 0 Å². The first-order valence-corrected chi connectivity index (χ1v) is 14.3. The second-order valence-electron chi connectivity index (χ2n) is 9.65. The van der Waals surface area contributed by atoms with E-state index in [2.05, 4.69) is 20.9 Å². The van der Waals surface area contributed by atoms with E-state index in [9.17, 15) is 17.8 Å². The van der Waals surface area contributed by atoms with E-state index in [0.29, 0.717) is 53.0 Å². The van der Waals surface area contributed by atoms with Crippen LogP contribution in [-0.2, 0) is 14.9 Å². The fraction of sp³-hybridized carbons (Fsp3) is 0.214. The fourth-order valence-electron chi connectivity index (χ4n) is 4.87. The minimum absolute atomic E-state index is 0.0161. The third-order valence-corrected chi connectivity index (χ3v) is 7.76. The van der Waals surface area contributed by atoms with Gasteiger partial charge >= 0.3 is 0 Å². The van der Waals surface area contributed by atoms with Crippen molar-refractivity contribution in [2.45, 2.75) is 24.1 Å². The summed E-state index contributed by atoms with van der Waals surface area (Å²) in [6.07, 6.45) is -1.06. The number of nitrogens with one attached hydrogen (secondary N) is 3. The van der Waals surface area contributed by atoms with Gasteiger partial charge < -0.3 is 30.2 Å². The lowest BCUT2D eigenvalue weighted by Gasteiger charge is -2.40. The molecule has 3 aliphatic rings. The number of anilines is 3. The number of hydrogen-bond donors (Lipinski definition) is 4. The molecule has 3 heterocycles. The number of hydrogen-bond acceptors (Lipinski definition) is 10. The maximum absolute atomic E-state index is 15.7. The standard InChI is InChI=1S/C28H26FN5O7S/c1-15-6-9-23(42(36,37)38)19(12-15)33-28-31-14-18(29)26(32-16-7-8-21-22(13-16)40-11-10-39-21)34(28)20-5-3-4-17-24(20)41-25(17)27(35)30-2/h3-9,12-14,25-26,32H,10-11H2,1-2H3,(H,30,35)(H,31,33)(H,36,37,38). The summed E-state index contributed by atoms with van der Waals surface area (Å²) in [5.41, 5.74) is 2.13. The molecule has 2 unspecified atom stereocenters. The summed E-state index contributed by atoms with van der Waals surface area (Å²) in [6, 6.07) is 14.5. The van der Waals surface area contributed by atoms with E-state index in [1.54, 1.807) is 43.3 Å². The Morgan fingerprint density at radius 3 is 2.64 bits per heavy atom. The van der Waals surface area contributed by atoms with Crippen molar-refractivity contribution in [2.24, 2.45) is 4.99 Å². The third-order valence-electron chi connectivity index (χ3n) is 6.85. The number of carbonyl (C=O) groups excluding carboxylic acids is 1. The molecule has 1 amide bonds. The number of aryl methyl sites for hydroxylation is 1. The number of aliphatic imine (C=N–C) groups is 1. The first kappa shape index (κ1) is 27.4. The average molecular weight is 596 g/mol. The number of halogens is 1. The number of carbonyl (C=O) groups is 1. The highest BCUT2D eigenvalue weighted by Gasteiger charge is 2.41. The summed E-state index contributed by atoms with van der Waals surface area (Å²) in [4.78, 5) is 17.6. The summed E-state index contributed by atoms with van der Waals surface area (Å²) in [7, 11) is -3.13. The van der Waals surface area contributed by atoms with Gasteiger partial charge in [0, 0.05) is 24.4 Å². The predicted octanol–water partition coefficient (Wildman–Crippen LogP) is 3.73. The number of benzene rings is 3. The zero-order chi connectivity index (χ0) is 29.6. The van der Waals surface area contributed by atoms with Gasteiger partial charge in [0.1, 0.15) is 18.1 Å². The monoisotopic (exact) mass is 595 g/mol. The number of guanidine groups is 1. The smallest absolute Gasteiger partial charge is 0.296 e. The van der Waals surface area contributed by atoms with Crippen LogP contribution in [0.25, 0.3) is 0 Å². The highest BCUT2D eigenvalue weighted by atomic mass is 32.2. The number of rotatable bonds is 6. The minimum Gasteiger partial charge on any atom is -0.486 e. The van der Waals surface area contributed by atoms with Crippen LogP contribution >= 0.6 is 0 Å². The van der Waals surface area contributed by atoms with Crippen LogP contribution in [0.1, 0.15) is 17.2 Å². The fourth-order valence-corrected chi connectivity index (χ4v) is 5.50. The lowest BCUT2D eigenvalue weighted by atomic mass is 9.99. The Labute approximate surface area is 240 Å². The van der Waals surface area contributed by atoms with E-state index < -0.39 is 28.2 Å². The van der Waals surface area contributed by atoms with Crippen molar-refractivity contribution in [3.8, 4) is 17.2 Å². The van der Waals surface area contributed by atoms with Gasteiger partial charge in [-0.3, -0.25) is 14.2 Å². The summed E-state index contributed by atoms with van der Waals surface area (Å²) < 4.78 is 67.0. The number of fused-ring (bicyclic) bond motifs is 2. The zero-order valence-electron chi connectivity index (χ0n) is 22.4. The van der Waals surface area contributed by atoms with Crippen LogP contribution in [-0.4, -0.2) is 51.3 Å². The third kappa shape index (κ3) is 4.94. The van der Waals surface area contributed by atoms with E-state index in [-0.39, 0.29) is 22.4 Å². The Bertz CT molecular complexity index is 1760. The zero-order valence-corrected chi connectivity index (χ0v) is 23.2. The Hall–Kier alpha value is -4.82. The van der Waals surface area contributed by atoms with Gasteiger partial charge in [0.05, 0.1) is 17.6 Å². The van der Waals surface area contributed by atoms with Gasteiger partial charge in [-0.1, -0.05) is 18.2 Å². The molecule has 218 valence electrons. The summed E-state index contributed by atoms with van der Waals surface area (Å²) in [6.45, 7) is 2.53. The van der Waals surface area contributed by atoms with Crippen molar-refractivity contribution in [1.82, 2.24) is 5.32 Å². The molecule has 0 aliphatic carbocycles. The lowest BCUT2D eigenvalue weighted by molar-refractivity contribution is -0.129. The van der Waals surface area contributed by atoms with Gasteiger partial charge in [-0.25, -0.2) is 9.38 Å². The molecule has 14 heteroatoms. The largest absolute Gasteiger partial charge is 0.486 e. The minimum atomic E-state index is -4.62. The molecule has 3 aromatic carbocycles. The van der Waals surface area contributed by atoms with Crippen LogP contribution in [0.2, 0.25) is 0 Å². The quantitative estimate of drug-likeness (QED) is 0.311. The summed E-state index contributed by atoms with van der Waals surface area (Å²) in [5.74, 6) is 0.366. The van der Waals surface area contributed by atoms with Crippen molar-refractivity contribution in [1.29, 1.82) is 0 Å². The summed E-state index contributed by atoms with van der Waals surface area (Å²) in [5, 5.41) is 8.64. The first-order valence-electron chi connectivity index (χ1n) is 12.9. The first-order chi connectivity index (χ1) is 20.1. The van der Waals surface area contributed by atoms with Crippen LogP contribution in [0.5, 0.6) is 17.2 Å². The highest BCUT2D eigenvalue weighted by molar-refractivity contribution is 7.86. The van der Waals surface area contributed by atoms with E-state index in [1.165, 1.54) is 30.1 Å². The number of likely N-dealkylation sites (N-methyl/N-ethyl adjacent to an activating group) is 1. The molecule has 0 saturated heterocycles. The molecule has 3 aromatic rings. The van der Waals surface area contributed by atoms with Gasteiger partial charge in [-0.05, 0) is 42.8 Å². The Morgan fingerprint density at radius 2 is 1.88 bits per heavy atom. The van der Waals surface area contributed by atoms with Crippen molar-refractivity contribution in [3.05, 3.63) is 77.8 Å². The number of para-hydroxylation sites is 1. The molecule has 4 N–H and O–H groups in total. The van der Waals surface area contributed by atoms with E-state index in [4.69, 9.17) is 14.2 Å². The second-order valence-corrected chi connectivity index (χ2v) is 11.0. The van der Waals surface area contributed by atoms with E-state index in [0.717, 1.165) is 6.20 Å². The lowest BCUT2D eigenvalue weighted by Crippen LogP contribution is -2.51. The maximum atomic E-state index is 15.7. The summed E-state index contributed by atoms with van der Waals surface area (Å²) >= 11 is 0. The van der Waals surface area contributed by atoms with Gasteiger partial charge in [0.25, 0.3) is 16.0 Å². The highest BCUT2D eigenvalue weighted by Crippen LogP contribution is 2.48. The van der Waals surface area contributed by atoms with Crippen molar-refractivity contribution < 1.29 is 36.4 Å². The van der Waals surface area contributed by atoms with Gasteiger partial charge in [0.15, 0.2) is 29.2 Å². The normalized spacial score (nSPS) is 18.9. The Morgan fingerprint density at radius 1 is 1.10 bits per heavy atom.